The van der Waals surface area contributed by atoms with Crippen LogP contribution in [0.1, 0.15) is 33.2 Å². The fourth-order valence-electron chi connectivity index (χ4n) is 1.97. The molecule has 0 aliphatic rings. The minimum Gasteiger partial charge on any atom is -0.422 e. The van der Waals surface area contributed by atoms with E-state index in [2.05, 4.69) is 6.58 Å². The number of carbonyl (C=O) groups excluding carboxylic acids is 3. The van der Waals surface area contributed by atoms with Gasteiger partial charge in [-0.25, -0.2) is 9.59 Å². The molecular weight excluding hydrogens is 308 g/mol. The fraction of sp³-hybridized carbons (Fsp3) is 0.105. The summed E-state index contributed by atoms with van der Waals surface area (Å²) in [5, 5.41) is 0. The highest BCUT2D eigenvalue weighted by Crippen LogP contribution is 2.12. The molecule has 0 aliphatic carbocycles. The van der Waals surface area contributed by atoms with Crippen LogP contribution in [0.3, 0.4) is 0 Å². The summed E-state index contributed by atoms with van der Waals surface area (Å²) < 4.78 is 9.74. The highest BCUT2D eigenvalue weighted by atomic mass is 16.7. The Balaban J connectivity index is 2.03. The molecular formula is C19H16O5. The van der Waals surface area contributed by atoms with Gasteiger partial charge < -0.3 is 9.47 Å². The quantitative estimate of drug-likeness (QED) is 0.353. The Morgan fingerprint density at radius 2 is 1.42 bits per heavy atom. The Bertz CT molecular complexity index is 747. The van der Waals surface area contributed by atoms with Gasteiger partial charge in [0.2, 0.25) is 6.29 Å². The number of hydrogen-bond acceptors (Lipinski definition) is 5. The largest absolute Gasteiger partial charge is 0.422 e. The van der Waals surface area contributed by atoms with E-state index in [1.54, 1.807) is 36.4 Å². The maximum Gasteiger partial charge on any atom is 0.341 e. The second-order valence-electron chi connectivity index (χ2n) is 4.89. The van der Waals surface area contributed by atoms with Crippen LogP contribution in [0.25, 0.3) is 0 Å². The summed E-state index contributed by atoms with van der Waals surface area (Å²) in [6, 6.07) is 14.9. The molecule has 24 heavy (non-hydrogen) atoms. The van der Waals surface area contributed by atoms with Gasteiger partial charge in [0.15, 0.2) is 5.78 Å². The standard InChI is InChI=1S/C19H16O5/c1-3-17(20)23-13(2)24-19(22)16-11-9-15(10-12-16)18(21)14-7-5-4-6-8-14/h3-13H,1H2,2H3. The molecule has 0 saturated carbocycles. The lowest BCUT2D eigenvalue weighted by atomic mass is 10.0. The van der Waals surface area contributed by atoms with Crippen molar-refractivity contribution in [3.8, 4) is 0 Å². The molecule has 0 fully saturated rings. The average molecular weight is 324 g/mol. The predicted molar refractivity (Wildman–Crippen MR) is 87.5 cm³/mol. The molecule has 0 bridgehead atoms. The lowest BCUT2D eigenvalue weighted by Gasteiger charge is -2.13. The first-order valence-electron chi connectivity index (χ1n) is 7.25. The van der Waals surface area contributed by atoms with Gasteiger partial charge in [0.1, 0.15) is 0 Å². The van der Waals surface area contributed by atoms with Crippen molar-refractivity contribution >= 4 is 17.7 Å². The van der Waals surface area contributed by atoms with E-state index in [9.17, 15) is 14.4 Å². The molecule has 0 amide bonds. The summed E-state index contributed by atoms with van der Waals surface area (Å²) in [6.45, 7) is 4.68. The van der Waals surface area contributed by atoms with Crippen molar-refractivity contribution in [2.75, 3.05) is 0 Å². The molecule has 0 saturated heterocycles. The lowest BCUT2D eigenvalue weighted by molar-refractivity contribution is -0.159. The van der Waals surface area contributed by atoms with Crippen molar-refractivity contribution < 1.29 is 23.9 Å². The molecule has 1 atom stereocenters. The molecule has 0 radical (unpaired) electrons. The van der Waals surface area contributed by atoms with E-state index < -0.39 is 18.2 Å². The van der Waals surface area contributed by atoms with E-state index in [0.29, 0.717) is 11.1 Å². The fourth-order valence-corrected chi connectivity index (χ4v) is 1.97. The Labute approximate surface area is 139 Å². The van der Waals surface area contributed by atoms with Gasteiger partial charge in [-0.1, -0.05) is 49.0 Å². The monoisotopic (exact) mass is 324 g/mol. The minimum atomic E-state index is -1.03. The number of ether oxygens (including phenoxy) is 2. The van der Waals surface area contributed by atoms with Crippen LogP contribution in [0.15, 0.2) is 67.3 Å². The Kier molecular flexibility index (Phi) is 5.63. The van der Waals surface area contributed by atoms with Crippen LogP contribution in [-0.4, -0.2) is 24.0 Å². The highest BCUT2D eigenvalue weighted by molar-refractivity contribution is 6.09. The van der Waals surface area contributed by atoms with Crippen LogP contribution in [0.4, 0.5) is 0 Å². The number of benzene rings is 2. The second kappa shape index (κ2) is 7.87. The van der Waals surface area contributed by atoms with Gasteiger partial charge in [0.05, 0.1) is 5.56 Å². The van der Waals surface area contributed by atoms with Crippen molar-refractivity contribution in [1.82, 2.24) is 0 Å². The van der Waals surface area contributed by atoms with Crippen LogP contribution in [0.5, 0.6) is 0 Å². The normalized spacial score (nSPS) is 11.2. The molecule has 5 heteroatoms. The van der Waals surface area contributed by atoms with Crippen LogP contribution in [0, 0.1) is 0 Å². The number of rotatable bonds is 6. The third-order valence-electron chi connectivity index (χ3n) is 3.14. The average Bonchev–Trinajstić information content (AvgIpc) is 2.61. The first-order valence-corrected chi connectivity index (χ1v) is 7.25. The van der Waals surface area contributed by atoms with E-state index >= 15 is 0 Å². The van der Waals surface area contributed by atoms with Crippen molar-refractivity contribution in [3.05, 3.63) is 83.9 Å². The van der Waals surface area contributed by atoms with Crippen LogP contribution >= 0.6 is 0 Å². The van der Waals surface area contributed by atoms with Gasteiger partial charge in [-0.3, -0.25) is 4.79 Å². The van der Waals surface area contributed by atoms with E-state index in [1.807, 2.05) is 6.07 Å². The van der Waals surface area contributed by atoms with Crippen molar-refractivity contribution in [2.45, 2.75) is 13.2 Å². The third-order valence-corrected chi connectivity index (χ3v) is 3.14. The molecule has 2 rings (SSSR count). The van der Waals surface area contributed by atoms with E-state index in [1.165, 1.54) is 19.1 Å². The molecule has 0 heterocycles. The van der Waals surface area contributed by atoms with E-state index in [0.717, 1.165) is 6.08 Å². The molecule has 0 aliphatic heterocycles. The van der Waals surface area contributed by atoms with Gasteiger partial charge in [0.25, 0.3) is 0 Å². The molecule has 5 nitrogen and oxygen atoms in total. The maximum atomic E-state index is 12.3. The van der Waals surface area contributed by atoms with Crippen molar-refractivity contribution in [3.63, 3.8) is 0 Å². The Morgan fingerprint density at radius 3 is 2.00 bits per heavy atom. The first kappa shape index (κ1) is 17.1. The van der Waals surface area contributed by atoms with Gasteiger partial charge in [0, 0.05) is 24.1 Å². The smallest absolute Gasteiger partial charge is 0.341 e. The van der Waals surface area contributed by atoms with Gasteiger partial charge in [-0.2, -0.15) is 0 Å². The van der Waals surface area contributed by atoms with Crippen LogP contribution in [-0.2, 0) is 14.3 Å². The predicted octanol–water partition coefficient (Wildman–Crippen LogP) is 3.15. The summed E-state index contributed by atoms with van der Waals surface area (Å²) in [5.41, 5.74) is 1.28. The Hall–Kier alpha value is -3.21. The highest BCUT2D eigenvalue weighted by Gasteiger charge is 2.15. The number of carbonyl (C=O) groups is 3. The van der Waals surface area contributed by atoms with E-state index in [-0.39, 0.29) is 11.3 Å². The zero-order valence-electron chi connectivity index (χ0n) is 13.1. The summed E-state index contributed by atoms with van der Waals surface area (Å²) in [7, 11) is 0. The zero-order valence-corrected chi connectivity index (χ0v) is 13.1. The second-order valence-corrected chi connectivity index (χ2v) is 4.89. The molecule has 122 valence electrons. The number of esters is 2. The van der Waals surface area contributed by atoms with E-state index in [4.69, 9.17) is 9.47 Å². The molecule has 0 N–H and O–H groups in total. The third kappa shape index (κ3) is 4.39. The lowest BCUT2D eigenvalue weighted by Crippen LogP contribution is -2.20. The molecule has 2 aromatic carbocycles. The van der Waals surface area contributed by atoms with Gasteiger partial charge in [-0.05, 0) is 12.1 Å². The van der Waals surface area contributed by atoms with Crippen molar-refractivity contribution in [2.24, 2.45) is 0 Å². The maximum absolute atomic E-state index is 12.3. The molecule has 0 aromatic heterocycles. The topological polar surface area (TPSA) is 69.7 Å². The van der Waals surface area contributed by atoms with Gasteiger partial charge >= 0.3 is 11.9 Å². The van der Waals surface area contributed by atoms with Crippen molar-refractivity contribution in [1.29, 1.82) is 0 Å². The summed E-state index contributed by atoms with van der Waals surface area (Å²) >= 11 is 0. The van der Waals surface area contributed by atoms with Crippen LogP contribution < -0.4 is 0 Å². The summed E-state index contributed by atoms with van der Waals surface area (Å²) in [4.78, 5) is 35.3. The Morgan fingerprint density at radius 1 is 0.875 bits per heavy atom. The van der Waals surface area contributed by atoms with Gasteiger partial charge in [-0.15, -0.1) is 0 Å². The first-order chi connectivity index (χ1) is 11.5. The molecule has 0 spiro atoms. The SMILES string of the molecule is C=CC(=O)OC(C)OC(=O)c1ccc(C(=O)c2ccccc2)cc1. The summed E-state index contributed by atoms with van der Waals surface area (Å²) in [5.74, 6) is -1.47. The summed E-state index contributed by atoms with van der Waals surface area (Å²) in [6.07, 6.45) is -0.0532. The minimum absolute atomic E-state index is 0.135. The number of ketones is 1. The van der Waals surface area contributed by atoms with Crippen LogP contribution in [0.2, 0.25) is 0 Å². The number of hydrogen-bond donors (Lipinski definition) is 0. The molecule has 2 aromatic rings. The molecule has 1 unspecified atom stereocenters. The zero-order chi connectivity index (χ0) is 17.5.